The number of ether oxygens (including phenoxy) is 2. The highest BCUT2D eigenvalue weighted by atomic mass is 16.5. The van der Waals surface area contributed by atoms with Crippen molar-refractivity contribution in [1.82, 2.24) is 14.9 Å². The first-order chi connectivity index (χ1) is 9.20. The van der Waals surface area contributed by atoms with Gasteiger partial charge in [0.1, 0.15) is 6.33 Å². The zero-order valence-corrected chi connectivity index (χ0v) is 11.6. The fourth-order valence-corrected chi connectivity index (χ4v) is 1.82. The monoisotopic (exact) mass is 261 g/mol. The van der Waals surface area contributed by atoms with Crippen LogP contribution in [0.2, 0.25) is 0 Å². The Morgan fingerprint density at radius 3 is 2.79 bits per heavy atom. The second kappa shape index (κ2) is 6.33. The fourth-order valence-electron chi connectivity index (χ4n) is 1.82. The van der Waals surface area contributed by atoms with Crippen LogP contribution in [0.3, 0.4) is 0 Å². The van der Waals surface area contributed by atoms with Crippen molar-refractivity contribution in [2.45, 2.75) is 6.42 Å². The van der Waals surface area contributed by atoms with Gasteiger partial charge in [0.05, 0.1) is 19.2 Å². The molecule has 19 heavy (non-hydrogen) atoms. The highest BCUT2D eigenvalue weighted by molar-refractivity contribution is 5.81. The molecule has 0 aliphatic heterocycles. The number of benzene rings is 1. The summed E-state index contributed by atoms with van der Waals surface area (Å²) in [5.41, 5.74) is 0.860. The second-order valence-electron chi connectivity index (χ2n) is 4.59. The summed E-state index contributed by atoms with van der Waals surface area (Å²) in [5, 5.41) is 0.944. The van der Waals surface area contributed by atoms with Gasteiger partial charge in [-0.2, -0.15) is 0 Å². The quantitative estimate of drug-likeness (QED) is 0.744. The molecule has 0 saturated heterocycles. The van der Waals surface area contributed by atoms with Gasteiger partial charge in [-0.25, -0.2) is 9.97 Å². The molecule has 0 amide bonds. The lowest BCUT2D eigenvalue weighted by atomic mass is 10.2. The average molecular weight is 261 g/mol. The maximum Gasteiger partial charge on any atom is 0.163 e. The molecule has 1 aromatic carbocycles. The molecule has 0 bridgehead atoms. The van der Waals surface area contributed by atoms with Gasteiger partial charge in [0.15, 0.2) is 11.5 Å². The number of methoxy groups -OCH3 is 1. The summed E-state index contributed by atoms with van der Waals surface area (Å²) in [6, 6.07) is 3.79. The second-order valence-corrected chi connectivity index (χ2v) is 4.59. The molecule has 2 aromatic rings. The summed E-state index contributed by atoms with van der Waals surface area (Å²) in [6.07, 6.45) is 4.27. The third-order valence-electron chi connectivity index (χ3n) is 2.80. The van der Waals surface area contributed by atoms with Crippen LogP contribution in [0.4, 0.5) is 0 Å². The molecule has 0 radical (unpaired) electrons. The molecule has 0 spiro atoms. The Kier molecular flexibility index (Phi) is 4.52. The van der Waals surface area contributed by atoms with E-state index in [2.05, 4.69) is 14.9 Å². The van der Waals surface area contributed by atoms with E-state index in [0.29, 0.717) is 12.4 Å². The molecule has 1 aromatic heterocycles. The minimum atomic E-state index is 0.658. The van der Waals surface area contributed by atoms with Crippen LogP contribution in [0, 0.1) is 0 Å². The standard InChI is InChI=1S/C14H19N3O2/c1-17(2)5-4-6-19-14-8-12-11(7-13(14)18-3)9-15-10-16-12/h7-10H,4-6H2,1-3H3. The number of rotatable bonds is 6. The van der Waals surface area contributed by atoms with Crippen molar-refractivity contribution in [1.29, 1.82) is 0 Å². The van der Waals surface area contributed by atoms with Crippen molar-refractivity contribution in [3.8, 4) is 11.5 Å². The van der Waals surface area contributed by atoms with E-state index in [1.807, 2.05) is 26.2 Å². The number of hydrogen-bond donors (Lipinski definition) is 0. The van der Waals surface area contributed by atoms with Crippen molar-refractivity contribution < 1.29 is 9.47 Å². The lowest BCUT2D eigenvalue weighted by Gasteiger charge is -2.13. The van der Waals surface area contributed by atoms with Gasteiger partial charge in [-0.15, -0.1) is 0 Å². The number of hydrogen-bond acceptors (Lipinski definition) is 5. The minimum absolute atomic E-state index is 0.658. The van der Waals surface area contributed by atoms with Gasteiger partial charge >= 0.3 is 0 Å². The van der Waals surface area contributed by atoms with Crippen LogP contribution in [0.15, 0.2) is 24.7 Å². The van der Waals surface area contributed by atoms with E-state index in [9.17, 15) is 0 Å². The van der Waals surface area contributed by atoms with Gasteiger partial charge in [0, 0.05) is 24.2 Å². The fraction of sp³-hybridized carbons (Fsp3) is 0.429. The maximum atomic E-state index is 5.77. The first-order valence-corrected chi connectivity index (χ1v) is 6.26. The van der Waals surface area contributed by atoms with Crippen LogP contribution in [0.25, 0.3) is 10.9 Å². The van der Waals surface area contributed by atoms with Crippen LogP contribution >= 0.6 is 0 Å². The molecule has 0 fully saturated rings. The summed E-state index contributed by atoms with van der Waals surface area (Å²) in [5.74, 6) is 1.44. The van der Waals surface area contributed by atoms with Crippen LogP contribution in [0.5, 0.6) is 11.5 Å². The van der Waals surface area contributed by atoms with Crippen LogP contribution in [-0.4, -0.2) is 49.2 Å². The molecule has 1 heterocycles. The Labute approximate surface area is 113 Å². The van der Waals surface area contributed by atoms with E-state index in [1.165, 1.54) is 6.33 Å². The molecular weight excluding hydrogens is 242 g/mol. The summed E-state index contributed by atoms with van der Waals surface area (Å²) in [6.45, 7) is 1.66. The van der Waals surface area contributed by atoms with E-state index < -0.39 is 0 Å². The van der Waals surface area contributed by atoms with Gasteiger partial charge in [-0.3, -0.25) is 0 Å². The molecule has 102 valence electrons. The van der Waals surface area contributed by atoms with E-state index >= 15 is 0 Å². The van der Waals surface area contributed by atoms with E-state index in [4.69, 9.17) is 9.47 Å². The van der Waals surface area contributed by atoms with Crippen molar-refractivity contribution in [2.75, 3.05) is 34.4 Å². The van der Waals surface area contributed by atoms with Gasteiger partial charge in [-0.1, -0.05) is 0 Å². The number of fused-ring (bicyclic) bond motifs is 1. The number of aromatic nitrogens is 2. The van der Waals surface area contributed by atoms with Crippen LogP contribution in [0.1, 0.15) is 6.42 Å². The van der Waals surface area contributed by atoms with Gasteiger partial charge in [0.25, 0.3) is 0 Å². The first kappa shape index (κ1) is 13.5. The Balaban J connectivity index is 2.12. The largest absolute Gasteiger partial charge is 0.493 e. The Morgan fingerprint density at radius 2 is 2.05 bits per heavy atom. The highest BCUT2D eigenvalue weighted by Gasteiger charge is 2.07. The molecule has 0 aliphatic carbocycles. The Bertz CT molecular complexity index is 543. The van der Waals surface area contributed by atoms with Crippen LogP contribution < -0.4 is 9.47 Å². The summed E-state index contributed by atoms with van der Waals surface area (Å²) in [4.78, 5) is 10.4. The van der Waals surface area contributed by atoms with Crippen LogP contribution in [-0.2, 0) is 0 Å². The first-order valence-electron chi connectivity index (χ1n) is 6.26. The topological polar surface area (TPSA) is 47.5 Å². The minimum Gasteiger partial charge on any atom is -0.493 e. The summed E-state index contributed by atoms with van der Waals surface area (Å²) < 4.78 is 11.1. The molecule has 0 unspecified atom stereocenters. The van der Waals surface area contributed by atoms with E-state index in [1.54, 1.807) is 13.3 Å². The lowest BCUT2D eigenvalue weighted by Crippen LogP contribution is -2.15. The molecule has 0 saturated carbocycles. The summed E-state index contributed by atoms with van der Waals surface area (Å²) >= 11 is 0. The zero-order chi connectivity index (χ0) is 13.7. The highest BCUT2D eigenvalue weighted by Crippen LogP contribution is 2.31. The SMILES string of the molecule is COc1cc2cncnc2cc1OCCCN(C)C. The maximum absolute atomic E-state index is 5.77. The predicted octanol–water partition coefficient (Wildman–Crippen LogP) is 1.97. The Hall–Kier alpha value is -1.88. The van der Waals surface area contributed by atoms with E-state index in [-0.39, 0.29) is 0 Å². The van der Waals surface area contributed by atoms with Gasteiger partial charge < -0.3 is 14.4 Å². The molecule has 0 N–H and O–H groups in total. The lowest BCUT2D eigenvalue weighted by molar-refractivity contribution is 0.268. The molecule has 0 atom stereocenters. The van der Waals surface area contributed by atoms with Crippen molar-refractivity contribution in [2.24, 2.45) is 0 Å². The molecule has 2 rings (SSSR count). The Morgan fingerprint density at radius 1 is 1.21 bits per heavy atom. The normalized spacial score (nSPS) is 10.9. The molecule has 5 heteroatoms. The third kappa shape index (κ3) is 3.54. The average Bonchev–Trinajstić information content (AvgIpc) is 2.42. The molecular formula is C14H19N3O2. The smallest absolute Gasteiger partial charge is 0.163 e. The molecule has 0 aliphatic rings. The van der Waals surface area contributed by atoms with Gasteiger partial charge in [-0.05, 0) is 26.6 Å². The van der Waals surface area contributed by atoms with Gasteiger partial charge in [0.2, 0.25) is 0 Å². The summed E-state index contributed by atoms with van der Waals surface area (Å²) in [7, 11) is 5.73. The van der Waals surface area contributed by atoms with Crippen molar-refractivity contribution in [3.63, 3.8) is 0 Å². The predicted molar refractivity (Wildman–Crippen MR) is 74.8 cm³/mol. The van der Waals surface area contributed by atoms with Crippen molar-refractivity contribution >= 4 is 10.9 Å². The zero-order valence-electron chi connectivity index (χ0n) is 11.6. The van der Waals surface area contributed by atoms with E-state index in [0.717, 1.165) is 29.6 Å². The van der Waals surface area contributed by atoms with Crippen molar-refractivity contribution in [3.05, 3.63) is 24.7 Å². The number of nitrogens with zero attached hydrogens (tertiary/aromatic N) is 3. The molecule has 5 nitrogen and oxygen atoms in total. The third-order valence-corrected chi connectivity index (χ3v) is 2.80.